The molecule has 0 radical (unpaired) electrons. The molecule has 1 aromatic heterocycles. The summed E-state index contributed by atoms with van der Waals surface area (Å²) in [6, 6.07) is 15.2. The minimum Gasteiger partial charge on any atom is -0.490 e. The number of pyridine rings is 1. The Kier molecular flexibility index (Phi) is 7.16. The number of halogens is 1. The molecule has 29 heavy (non-hydrogen) atoms. The minimum absolute atomic E-state index is 0.219. The number of carbonyl (C=O) groups excluding carboxylic acids is 1. The highest BCUT2D eigenvalue weighted by molar-refractivity contribution is 5.94. The highest BCUT2D eigenvalue weighted by Crippen LogP contribution is 2.29. The SMILES string of the molecule is CCOc1cc(C(=O)NCCc2cccc(F)c2)ccc1OCc1ccncc1. The molecular formula is C23H23FN2O3. The Bertz CT molecular complexity index is 948. The topological polar surface area (TPSA) is 60.5 Å². The highest BCUT2D eigenvalue weighted by atomic mass is 19.1. The second-order valence-corrected chi connectivity index (χ2v) is 6.37. The number of ether oxygens (including phenoxy) is 2. The lowest BCUT2D eigenvalue weighted by molar-refractivity contribution is 0.0953. The van der Waals surface area contributed by atoms with E-state index in [0.717, 1.165) is 11.1 Å². The van der Waals surface area contributed by atoms with Crippen molar-refractivity contribution < 1.29 is 18.7 Å². The molecule has 0 fully saturated rings. The summed E-state index contributed by atoms with van der Waals surface area (Å²) in [5, 5.41) is 2.85. The second kappa shape index (κ2) is 10.2. The summed E-state index contributed by atoms with van der Waals surface area (Å²) in [4.78, 5) is 16.4. The average Bonchev–Trinajstić information content (AvgIpc) is 2.74. The fraction of sp³-hybridized carbons (Fsp3) is 0.217. The zero-order valence-corrected chi connectivity index (χ0v) is 16.2. The number of aromatic nitrogens is 1. The molecule has 0 aliphatic rings. The van der Waals surface area contributed by atoms with Crippen LogP contribution in [0, 0.1) is 5.82 Å². The van der Waals surface area contributed by atoms with Crippen LogP contribution in [0.25, 0.3) is 0 Å². The van der Waals surface area contributed by atoms with E-state index >= 15 is 0 Å². The Balaban J connectivity index is 1.61. The standard InChI is InChI=1S/C23H23FN2O3/c1-2-28-22-15-19(6-7-21(22)29-16-18-8-11-25-12-9-18)23(27)26-13-10-17-4-3-5-20(24)14-17/h3-9,11-12,14-15H,2,10,13,16H2,1H3,(H,26,27). The van der Waals surface area contributed by atoms with Gasteiger partial charge in [-0.1, -0.05) is 12.1 Å². The molecule has 3 rings (SSSR count). The Labute approximate surface area is 169 Å². The molecule has 0 saturated heterocycles. The van der Waals surface area contributed by atoms with E-state index in [-0.39, 0.29) is 11.7 Å². The van der Waals surface area contributed by atoms with Crippen molar-refractivity contribution in [3.05, 3.63) is 89.5 Å². The molecule has 0 unspecified atom stereocenters. The Hall–Kier alpha value is -3.41. The van der Waals surface area contributed by atoms with E-state index in [4.69, 9.17) is 9.47 Å². The van der Waals surface area contributed by atoms with Crippen LogP contribution in [0.1, 0.15) is 28.4 Å². The number of nitrogens with zero attached hydrogens (tertiary/aromatic N) is 1. The number of amides is 1. The third-order valence-electron chi connectivity index (χ3n) is 4.24. The van der Waals surface area contributed by atoms with Crippen LogP contribution >= 0.6 is 0 Å². The number of carbonyl (C=O) groups is 1. The molecule has 0 aliphatic carbocycles. The maximum absolute atomic E-state index is 13.2. The summed E-state index contributed by atoms with van der Waals surface area (Å²) in [6.45, 7) is 3.11. The summed E-state index contributed by atoms with van der Waals surface area (Å²) < 4.78 is 24.7. The Morgan fingerprint density at radius 3 is 2.59 bits per heavy atom. The van der Waals surface area contributed by atoms with Gasteiger partial charge in [0.05, 0.1) is 6.61 Å². The van der Waals surface area contributed by atoms with Gasteiger partial charge in [0.25, 0.3) is 5.91 Å². The smallest absolute Gasteiger partial charge is 0.251 e. The maximum atomic E-state index is 13.2. The van der Waals surface area contributed by atoms with E-state index in [1.54, 1.807) is 36.7 Å². The van der Waals surface area contributed by atoms with Crippen LogP contribution < -0.4 is 14.8 Å². The van der Waals surface area contributed by atoms with Crippen LogP contribution in [0.3, 0.4) is 0 Å². The van der Waals surface area contributed by atoms with Gasteiger partial charge in [-0.3, -0.25) is 9.78 Å². The lowest BCUT2D eigenvalue weighted by Crippen LogP contribution is -2.25. The van der Waals surface area contributed by atoms with Gasteiger partial charge in [-0.05, 0) is 66.9 Å². The predicted octanol–water partition coefficient (Wildman–Crippen LogP) is 4.17. The quantitative estimate of drug-likeness (QED) is 0.592. The summed E-state index contributed by atoms with van der Waals surface area (Å²) in [7, 11) is 0. The van der Waals surface area contributed by atoms with E-state index in [9.17, 15) is 9.18 Å². The third-order valence-corrected chi connectivity index (χ3v) is 4.24. The fourth-order valence-electron chi connectivity index (χ4n) is 2.79. The Morgan fingerprint density at radius 1 is 1.00 bits per heavy atom. The lowest BCUT2D eigenvalue weighted by atomic mass is 10.1. The van der Waals surface area contributed by atoms with Gasteiger partial charge in [-0.15, -0.1) is 0 Å². The van der Waals surface area contributed by atoms with Crippen molar-refractivity contribution in [2.24, 2.45) is 0 Å². The molecule has 1 heterocycles. The van der Waals surface area contributed by atoms with Crippen molar-refractivity contribution in [3.8, 4) is 11.5 Å². The van der Waals surface area contributed by atoms with E-state index < -0.39 is 0 Å². The maximum Gasteiger partial charge on any atom is 0.251 e. The van der Waals surface area contributed by atoms with E-state index in [1.807, 2.05) is 25.1 Å². The van der Waals surface area contributed by atoms with E-state index in [1.165, 1.54) is 12.1 Å². The molecule has 0 bridgehead atoms. The molecule has 0 atom stereocenters. The molecule has 3 aromatic rings. The summed E-state index contributed by atoms with van der Waals surface area (Å²) in [5.41, 5.74) is 2.30. The number of nitrogens with one attached hydrogen (secondary N) is 1. The number of hydrogen-bond acceptors (Lipinski definition) is 4. The van der Waals surface area contributed by atoms with Crippen molar-refractivity contribution in [1.82, 2.24) is 10.3 Å². The zero-order valence-electron chi connectivity index (χ0n) is 16.2. The normalized spacial score (nSPS) is 10.4. The third kappa shape index (κ3) is 6.04. The van der Waals surface area contributed by atoms with Gasteiger partial charge < -0.3 is 14.8 Å². The van der Waals surface area contributed by atoms with Gasteiger partial charge in [-0.25, -0.2) is 4.39 Å². The molecule has 1 amide bonds. The number of hydrogen-bond donors (Lipinski definition) is 1. The van der Waals surface area contributed by atoms with Crippen molar-refractivity contribution >= 4 is 5.91 Å². The fourth-order valence-corrected chi connectivity index (χ4v) is 2.79. The number of benzene rings is 2. The van der Waals surface area contributed by atoms with Gasteiger partial charge in [0.2, 0.25) is 0 Å². The lowest BCUT2D eigenvalue weighted by Gasteiger charge is -2.13. The van der Waals surface area contributed by atoms with Gasteiger partial charge in [0.1, 0.15) is 12.4 Å². The van der Waals surface area contributed by atoms with Crippen molar-refractivity contribution in [2.75, 3.05) is 13.2 Å². The number of rotatable bonds is 9. The average molecular weight is 394 g/mol. The van der Waals surface area contributed by atoms with Crippen molar-refractivity contribution in [1.29, 1.82) is 0 Å². The van der Waals surface area contributed by atoms with Crippen LogP contribution in [0.15, 0.2) is 67.0 Å². The first-order valence-electron chi connectivity index (χ1n) is 9.47. The van der Waals surface area contributed by atoms with Gasteiger partial charge >= 0.3 is 0 Å². The minimum atomic E-state index is -0.280. The highest BCUT2D eigenvalue weighted by Gasteiger charge is 2.12. The van der Waals surface area contributed by atoms with Crippen LogP contribution in [0.4, 0.5) is 4.39 Å². The zero-order chi connectivity index (χ0) is 20.5. The Morgan fingerprint density at radius 2 is 1.83 bits per heavy atom. The first kappa shape index (κ1) is 20.3. The first-order valence-corrected chi connectivity index (χ1v) is 9.47. The van der Waals surface area contributed by atoms with E-state index in [2.05, 4.69) is 10.3 Å². The van der Waals surface area contributed by atoms with Crippen molar-refractivity contribution in [2.45, 2.75) is 20.0 Å². The molecular weight excluding hydrogens is 371 g/mol. The molecule has 1 N–H and O–H groups in total. The van der Waals surface area contributed by atoms with Crippen molar-refractivity contribution in [3.63, 3.8) is 0 Å². The second-order valence-electron chi connectivity index (χ2n) is 6.37. The van der Waals surface area contributed by atoms with Gasteiger partial charge in [-0.2, -0.15) is 0 Å². The summed E-state index contributed by atoms with van der Waals surface area (Å²) >= 11 is 0. The van der Waals surface area contributed by atoms with Gasteiger partial charge in [0, 0.05) is 24.5 Å². The van der Waals surface area contributed by atoms with Crippen LogP contribution in [0.5, 0.6) is 11.5 Å². The van der Waals surface area contributed by atoms with Crippen LogP contribution in [-0.4, -0.2) is 24.0 Å². The molecule has 0 spiro atoms. The largest absolute Gasteiger partial charge is 0.490 e. The van der Waals surface area contributed by atoms with Crippen LogP contribution in [-0.2, 0) is 13.0 Å². The molecule has 150 valence electrons. The molecule has 2 aromatic carbocycles. The first-order chi connectivity index (χ1) is 14.2. The molecule has 5 nitrogen and oxygen atoms in total. The molecule has 0 saturated carbocycles. The molecule has 0 aliphatic heterocycles. The van der Waals surface area contributed by atoms with E-state index in [0.29, 0.717) is 43.2 Å². The van der Waals surface area contributed by atoms with Crippen LogP contribution in [0.2, 0.25) is 0 Å². The summed E-state index contributed by atoms with van der Waals surface area (Å²) in [6.07, 6.45) is 3.97. The monoisotopic (exact) mass is 394 g/mol. The summed E-state index contributed by atoms with van der Waals surface area (Å²) in [5.74, 6) is 0.583. The predicted molar refractivity (Wildman–Crippen MR) is 109 cm³/mol. The van der Waals surface area contributed by atoms with Gasteiger partial charge in [0.15, 0.2) is 11.5 Å². The molecule has 6 heteroatoms.